The van der Waals surface area contributed by atoms with Gasteiger partial charge in [-0.15, -0.1) is 0 Å². The Bertz CT molecular complexity index is 1190. The van der Waals surface area contributed by atoms with Gasteiger partial charge in [-0.05, 0) is 36.4 Å². The molecule has 0 spiro atoms. The fraction of sp³-hybridized carbons (Fsp3) is 0.200. The molecule has 0 saturated carbocycles. The number of phenols is 1. The fourth-order valence-electron chi connectivity index (χ4n) is 4.08. The quantitative estimate of drug-likeness (QED) is 0.633. The highest BCUT2D eigenvalue weighted by atomic mass is 19.1. The van der Waals surface area contributed by atoms with Crippen LogP contribution in [-0.4, -0.2) is 47.0 Å². The summed E-state index contributed by atoms with van der Waals surface area (Å²) < 4.78 is 19.9. The van der Waals surface area contributed by atoms with Crippen LogP contribution in [0.15, 0.2) is 66.6 Å². The molecule has 2 aromatic carbocycles. The molecule has 5 rings (SSSR count). The number of anilines is 1. The van der Waals surface area contributed by atoms with Crippen LogP contribution in [0.4, 0.5) is 10.2 Å². The summed E-state index contributed by atoms with van der Waals surface area (Å²) in [4.78, 5) is 21.7. The molecule has 3 aromatic rings. The number of ether oxygens (including phenoxy) is 1. The van der Waals surface area contributed by atoms with E-state index in [-0.39, 0.29) is 22.9 Å². The van der Waals surface area contributed by atoms with E-state index in [1.54, 1.807) is 30.5 Å². The Balaban J connectivity index is 1.35. The topological polar surface area (TPSA) is 65.9 Å². The number of nitrogens with zero attached hydrogens (tertiary/aromatic N) is 3. The Kier molecular flexibility index (Phi) is 5.33. The lowest BCUT2D eigenvalue weighted by atomic mass is 10.0. The molecule has 0 radical (unpaired) electrons. The molecule has 6 nitrogen and oxygen atoms in total. The summed E-state index contributed by atoms with van der Waals surface area (Å²) >= 11 is 0. The predicted molar refractivity (Wildman–Crippen MR) is 119 cm³/mol. The summed E-state index contributed by atoms with van der Waals surface area (Å²) in [5.41, 5.74) is 1.23. The van der Waals surface area contributed by atoms with Crippen LogP contribution in [0.3, 0.4) is 0 Å². The summed E-state index contributed by atoms with van der Waals surface area (Å²) in [5.74, 6) is 0.690. The van der Waals surface area contributed by atoms with E-state index in [1.165, 1.54) is 18.2 Å². The number of phenolic OH excluding ortho intramolecular Hbond substituents is 1. The van der Waals surface area contributed by atoms with Crippen molar-refractivity contribution in [1.82, 2.24) is 9.88 Å². The number of hydrogen-bond donors (Lipinski definition) is 1. The number of rotatable bonds is 4. The molecule has 1 fully saturated rings. The zero-order valence-electron chi connectivity index (χ0n) is 17.4. The van der Waals surface area contributed by atoms with E-state index in [9.17, 15) is 14.3 Å². The molecular formula is C25H22FN3O3. The van der Waals surface area contributed by atoms with E-state index in [0.717, 1.165) is 32.0 Å². The predicted octanol–water partition coefficient (Wildman–Crippen LogP) is 3.86. The Morgan fingerprint density at radius 1 is 1.03 bits per heavy atom. The van der Waals surface area contributed by atoms with Crippen LogP contribution in [0.1, 0.15) is 21.5 Å². The van der Waals surface area contributed by atoms with E-state index < -0.39 is 5.82 Å². The highest BCUT2D eigenvalue weighted by molar-refractivity contribution is 6.15. The molecule has 2 aliphatic heterocycles. The summed E-state index contributed by atoms with van der Waals surface area (Å²) in [6.45, 7) is 3.64. The standard InChI is InChI=1S/C25H22FN3O3/c26-20-6-2-1-5-17(20)15-22-24(31)18-8-9-21(30)19(25(18)32-22)16-28-11-13-29(14-12-28)23-7-3-4-10-27-23/h1-10,15,30H,11-14,16H2/b22-15-. The van der Waals surface area contributed by atoms with Gasteiger partial charge < -0.3 is 14.7 Å². The number of allylic oxidation sites excluding steroid dienone is 1. The van der Waals surface area contributed by atoms with E-state index in [0.29, 0.717) is 23.4 Å². The molecule has 0 atom stereocenters. The maximum absolute atomic E-state index is 14.0. The number of carbonyl (C=O) groups excluding carboxylic acids is 1. The summed E-state index contributed by atoms with van der Waals surface area (Å²) in [5, 5.41) is 10.5. The summed E-state index contributed by atoms with van der Waals surface area (Å²) in [7, 11) is 0. The average Bonchev–Trinajstić information content (AvgIpc) is 3.14. The molecule has 162 valence electrons. The third-order valence-corrected chi connectivity index (χ3v) is 5.84. The van der Waals surface area contributed by atoms with Crippen LogP contribution in [0.5, 0.6) is 11.5 Å². The number of piperazine rings is 1. The molecule has 1 aromatic heterocycles. The molecule has 1 N–H and O–H groups in total. The lowest BCUT2D eigenvalue weighted by Crippen LogP contribution is -2.46. The Hall–Kier alpha value is -3.71. The van der Waals surface area contributed by atoms with Crippen molar-refractivity contribution in [2.24, 2.45) is 0 Å². The monoisotopic (exact) mass is 431 g/mol. The SMILES string of the molecule is O=C1/C(=C/c2ccccc2F)Oc2c1ccc(O)c2CN1CCN(c2ccccn2)CC1. The lowest BCUT2D eigenvalue weighted by Gasteiger charge is -2.35. The van der Waals surface area contributed by atoms with Crippen LogP contribution in [0.25, 0.3) is 6.08 Å². The van der Waals surface area contributed by atoms with Crippen LogP contribution in [0, 0.1) is 5.82 Å². The number of fused-ring (bicyclic) bond motifs is 1. The van der Waals surface area contributed by atoms with E-state index in [1.807, 2.05) is 18.2 Å². The molecule has 1 saturated heterocycles. The van der Waals surface area contributed by atoms with Crippen LogP contribution >= 0.6 is 0 Å². The van der Waals surface area contributed by atoms with E-state index in [2.05, 4.69) is 14.8 Å². The van der Waals surface area contributed by atoms with Crippen molar-refractivity contribution >= 4 is 17.7 Å². The van der Waals surface area contributed by atoms with Crippen molar-refractivity contribution < 1.29 is 19.0 Å². The first-order valence-electron chi connectivity index (χ1n) is 10.5. The van der Waals surface area contributed by atoms with Gasteiger partial charge in [-0.25, -0.2) is 9.37 Å². The fourth-order valence-corrected chi connectivity index (χ4v) is 4.08. The summed E-state index contributed by atoms with van der Waals surface area (Å²) in [6, 6.07) is 15.1. The first kappa shape index (κ1) is 20.2. The second-order valence-corrected chi connectivity index (χ2v) is 7.85. The van der Waals surface area contributed by atoms with Gasteiger partial charge in [0.2, 0.25) is 5.78 Å². The zero-order chi connectivity index (χ0) is 22.1. The van der Waals surface area contributed by atoms with E-state index >= 15 is 0 Å². The second-order valence-electron chi connectivity index (χ2n) is 7.85. The number of pyridine rings is 1. The largest absolute Gasteiger partial charge is 0.507 e. The smallest absolute Gasteiger partial charge is 0.231 e. The molecule has 0 aliphatic carbocycles. The van der Waals surface area contributed by atoms with E-state index in [4.69, 9.17) is 4.74 Å². The molecule has 3 heterocycles. The Morgan fingerprint density at radius 3 is 2.56 bits per heavy atom. The summed E-state index contributed by atoms with van der Waals surface area (Å²) in [6.07, 6.45) is 3.19. The minimum atomic E-state index is -0.429. The van der Waals surface area contributed by atoms with Crippen molar-refractivity contribution in [3.8, 4) is 11.5 Å². The van der Waals surface area contributed by atoms with Crippen LogP contribution < -0.4 is 9.64 Å². The molecular weight excluding hydrogens is 409 g/mol. The molecule has 0 bridgehead atoms. The van der Waals surface area contributed by atoms with Crippen molar-refractivity contribution in [3.63, 3.8) is 0 Å². The highest BCUT2D eigenvalue weighted by Gasteiger charge is 2.32. The number of ketones is 1. The first-order chi connectivity index (χ1) is 15.6. The van der Waals surface area contributed by atoms with Crippen molar-refractivity contribution in [1.29, 1.82) is 0 Å². The number of carbonyl (C=O) groups is 1. The number of hydrogen-bond acceptors (Lipinski definition) is 6. The lowest BCUT2D eigenvalue weighted by molar-refractivity contribution is 0.101. The van der Waals surface area contributed by atoms with Gasteiger partial charge in [0, 0.05) is 44.5 Å². The van der Waals surface area contributed by atoms with Gasteiger partial charge in [-0.2, -0.15) is 0 Å². The van der Waals surface area contributed by atoms with Gasteiger partial charge in [0.25, 0.3) is 0 Å². The average molecular weight is 431 g/mol. The number of halogens is 1. The van der Waals surface area contributed by atoms with Gasteiger partial charge >= 0.3 is 0 Å². The third kappa shape index (κ3) is 3.83. The first-order valence-corrected chi connectivity index (χ1v) is 10.5. The maximum Gasteiger partial charge on any atom is 0.231 e. The van der Waals surface area contributed by atoms with Gasteiger partial charge in [-0.1, -0.05) is 24.3 Å². The number of Topliss-reactive ketones (excluding diaryl/α,β-unsaturated/α-hetero) is 1. The van der Waals surface area contributed by atoms with Crippen molar-refractivity contribution in [2.75, 3.05) is 31.1 Å². The molecule has 32 heavy (non-hydrogen) atoms. The third-order valence-electron chi connectivity index (χ3n) is 5.84. The Morgan fingerprint density at radius 2 is 1.81 bits per heavy atom. The normalized spacial score (nSPS) is 17.5. The van der Waals surface area contributed by atoms with Crippen molar-refractivity contribution in [2.45, 2.75) is 6.54 Å². The highest BCUT2D eigenvalue weighted by Crippen LogP contribution is 2.40. The second kappa shape index (κ2) is 8.43. The van der Waals surface area contributed by atoms with Gasteiger partial charge in [0.05, 0.1) is 11.1 Å². The maximum atomic E-state index is 14.0. The Labute approximate surface area is 185 Å². The number of aromatic nitrogens is 1. The van der Waals surface area contributed by atoms with Gasteiger partial charge in [0.1, 0.15) is 23.1 Å². The minimum Gasteiger partial charge on any atom is -0.507 e. The molecule has 7 heteroatoms. The number of aromatic hydroxyl groups is 1. The van der Waals surface area contributed by atoms with Crippen molar-refractivity contribution in [3.05, 3.63) is 89.1 Å². The number of benzene rings is 2. The van der Waals surface area contributed by atoms with Gasteiger partial charge in [0.15, 0.2) is 5.76 Å². The van der Waals surface area contributed by atoms with Crippen LogP contribution in [0.2, 0.25) is 0 Å². The minimum absolute atomic E-state index is 0.0527. The zero-order valence-corrected chi connectivity index (χ0v) is 17.4. The molecule has 0 unspecified atom stereocenters. The molecule has 2 aliphatic rings. The van der Waals surface area contributed by atoms with Crippen LogP contribution in [-0.2, 0) is 6.54 Å². The van der Waals surface area contributed by atoms with Gasteiger partial charge in [-0.3, -0.25) is 9.69 Å². The molecule has 0 amide bonds.